The summed E-state index contributed by atoms with van der Waals surface area (Å²) in [4.78, 5) is 2.75. The highest BCUT2D eigenvalue weighted by Gasteiger charge is 2.33. The van der Waals surface area contributed by atoms with E-state index in [1.54, 1.807) is 0 Å². The second-order valence-electron chi connectivity index (χ2n) is 8.52. The van der Waals surface area contributed by atoms with E-state index >= 15 is 0 Å². The molecule has 2 unspecified atom stereocenters. The van der Waals surface area contributed by atoms with E-state index in [9.17, 15) is 0 Å². The van der Waals surface area contributed by atoms with Gasteiger partial charge in [0.2, 0.25) is 0 Å². The normalized spacial score (nSPS) is 28.6. The van der Waals surface area contributed by atoms with Crippen molar-refractivity contribution in [3.8, 4) is 0 Å². The molecule has 2 heteroatoms. The number of likely N-dealkylation sites (tertiary alicyclic amines) is 1. The summed E-state index contributed by atoms with van der Waals surface area (Å²) >= 11 is 0. The number of piperidine rings is 1. The second-order valence-corrected chi connectivity index (χ2v) is 8.52. The van der Waals surface area contributed by atoms with Gasteiger partial charge in [0, 0.05) is 19.6 Å². The topological polar surface area (TPSA) is 15.3 Å². The lowest BCUT2D eigenvalue weighted by molar-refractivity contribution is 0.0602. The van der Waals surface area contributed by atoms with Gasteiger partial charge in [-0.15, -0.1) is 0 Å². The van der Waals surface area contributed by atoms with Gasteiger partial charge in [-0.25, -0.2) is 0 Å². The molecule has 1 saturated carbocycles. The first-order chi connectivity index (χ1) is 9.46. The number of hydrogen-bond acceptors (Lipinski definition) is 2. The maximum Gasteiger partial charge on any atom is 0.00449 e. The van der Waals surface area contributed by atoms with E-state index in [1.165, 1.54) is 51.7 Å². The Morgan fingerprint density at radius 2 is 1.80 bits per heavy atom. The number of rotatable bonds is 6. The minimum atomic E-state index is 0.399. The third kappa shape index (κ3) is 5.04. The molecule has 118 valence electrons. The molecule has 0 aromatic heterocycles. The van der Waals surface area contributed by atoms with Crippen LogP contribution in [0.15, 0.2) is 0 Å². The molecule has 1 saturated heterocycles. The second kappa shape index (κ2) is 7.26. The Bertz CT molecular complexity index is 285. The number of hydrogen-bond donors (Lipinski definition) is 1. The summed E-state index contributed by atoms with van der Waals surface area (Å²) in [6, 6.07) is 0. The minimum Gasteiger partial charge on any atom is -0.316 e. The zero-order valence-corrected chi connectivity index (χ0v) is 14.3. The third-order valence-corrected chi connectivity index (χ3v) is 5.18. The highest BCUT2D eigenvalue weighted by Crippen LogP contribution is 2.36. The molecule has 0 radical (unpaired) electrons. The molecule has 20 heavy (non-hydrogen) atoms. The van der Waals surface area contributed by atoms with Gasteiger partial charge in [0.1, 0.15) is 0 Å². The lowest BCUT2D eigenvalue weighted by Gasteiger charge is -2.44. The van der Waals surface area contributed by atoms with Gasteiger partial charge >= 0.3 is 0 Å². The van der Waals surface area contributed by atoms with Gasteiger partial charge in [0.15, 0.2) is 0 Å². The first kappa shape index (κ1) is 16.3. The van der Waals surface area contributed by atoms with Gasteiger partial charge in [0.05, 0.1) is 0 Å². The van der Waals surface area contributed by atoms with Crippen molar-refractivity contribution >= 4 is 0 Å². The monoisotopic (exact) mass is 280 g/mol. The Morgan fingerprint density at radius 1 is 1.10 bits per heavy atom. The summed E-state index contributed by atoms with van der Waals surface area (Å²) < 4.78 is 0. The van der Waals surface area contributed by atoms with Gasteiger partial charge in [-0.2, -0.15) is 0 Å². The van der Waals surface area contributed by atoms with Crippen LogP contribution >= 0.6 is 0 Å². The molecular weight excluding hydrogens is 244 g/mol. The summed E-state index contributed by atoms with van der Waals surface area (Å²) in [5.41, 5.74) is 0.399. The fourth-order valence-corrected chi connectivity index (χ4v) is 4.18. The molecule has 0 aromatic carbocycles. The first-order valence-electron chi connectivity index (χ1n) is 8.89. The summed E-state index contributed by atoms with van der Waals surface area (Å²) in [5, 5.41) is 3.64. The van der Waals surface area contributed by atoms with E-state index in [4.69, 9.17) is 0 Å². The number of fused-ring (bicyclic) bond motifs is 1. The van der Waals surface area contributed by atoms with Crippen molar-refractivity contribution in [2.75, 3.05) is 32.7 Å². The van der Waals surface area contributed by atoms with E-state index in [0.29, 0.717) is 5.41 Å². The largest absolute Gasteiger partial charge is 0.316 e. The molecule has 0 amide bonds. The molecule has 2 fully saturated rings. The Labute approximate surface area is 126 Å². The molecule has 1 N–H and O–H groups in total. The quantitative estimate of drug-likeness (QED) is 0.797. The van der Waals surface area contributed by atoms with Crippen molar-refractivity contribution in [3.05, 3.63) is 0 Å². The first-order valence-corrected chi connectivity index (χ1v) is 8.89. The average molecular weight is 280 g/mol. The minimum absolute atomic E-state index is 0.399. The average Bonchev–Trinajstić information content (AvgIpc) is 2.37. The lowest BCUT2D eigenvalue weighted by Crippen LogP contribution is -2.47. The van der Waals surface area contributed by atoms with Crippen LogP contribution in [0.3, 0.4) is 0 Å². The van der Waals surface area contributed by atoms with Crippen molar-refractivity contribution in [1.29, 1.82) is 0 Å². The van der Waals surface area contributed by atoms with Crippen molar-refractivity contribution in [2.45, 2.75) is 59.8 Å². The molecule has 2 rings (SSSR count). The van der Waals surface area contributed by atoms with Crippen molar-refractivity contribution in [2.24, 2.45) is 23.2 Å². The Balaban J connectivity index is 1.74. The smallest absolute Gasteiger partial charge is 0.00449 e. The van der Waals surface area contributed by atoms with Gasteiger partial charge in [-0.3, -0.25) is 0 Å². The van der Waals surface area contributed by atoms with Gasteiger partial charge in [0.25, 0.3) is 0 Å². The Morgan fingerprint density at radius 3 is 2.50 bits per heavy atom. The molecule has 0 aromatic rings. The van der Waals surface area contributed by atoms with Crippen molar-refractivity contribution in [1.82, 2.24) is 10.2 Å². The van der Waals surface area contributed by atoms with E-state index in [2.05, 4.69) is 37.9 Å². The maximum absolute atomic E-state index is 3.64. The van der Waals surface area contributed by atoms with Crippen LogP contribution in [0, 0.1) is 23.2 Å². The molecule has 2 nitrogen and oxygen atoms in total. The van der Waals surface area contributed by atoms with Crippen LogP contribution in [-0.2, 0) is 0 Å². The molecule has 0 spiro atoms. The van der Waals surface area contributed by atoms with Crippen LogP contribution in [0.5, 0.6) is 0 Å². The predicted molar refractivity (Wildman–Crippen MR) is 88.0 cm³/mol. The van der Waals surface area contributed by atoms with Crippen molar-refractivity contribution < 1.29 is 0 Å². The van der Waals surface area contributed by atoms with Crippen molar-refractivity contribution in [3.63, 3.8) is 0 Å². The third-order valence-electron chi connectivity index (χ3n) is 5.18. The molecule has 0 bridgehead atoms. The Hall–Kier alpha value is -0.0800. The van der Waals surface area contributed by atoms with E-state index in [0.717, 1.165) is 30.8 Å². The highest BCUT2D eigenvalue weighted by molar-refractivity contribution is 4.86. The standard InChI is InChI=1S/C18H36N2/c1-15(2)11-19-13-18(3,4)14-20-10-9-16-7-5-6-8-17(16)12-20/h15-17,19H,5-14H2,1-4H3. The maximum atomic E-state index is 3.64. The van der Waals surface area contributed by atoms with E-state index < -0.39 is 0 Å². The summed E-state index contributed by atoms with van der Waals surface area (Å²) in [6.07, 6.45) is 7.44. The summed E-state index contributed by atoms with van der Waals surface area (Å²) in [5.74, 6) is 2.82. The number of nitrogens with one attached hydrogen (secondary N) is 1. The molecule has 1 aliphatic carbocycles. The van der Waals surface area contributed by atoms with Gasteiger partial charge in [-0.1, -0.05) is 47.0 Å². The molecular formula is C18H36N2. The molecule has 1 aliphatic heterocycles. The zero-order valence-electron chi connectivity index (χ0n) is 14.3. The van der Waals surface area contributed by atoms with Gasteiger partial charge < -0.3 is 10.2 Å². The Kier molecular flexibility index (Phi) is 5.92. The lowest BCUT2D eigenvalue weighted by atomic mass is 9.74. The summed E-state index contributed by atoms with van der Waals surface area (Å²) in [6.45, 7) is 15.7. The number of nitrogens with zero attached hydrogens (tertiary/aromatic N) is 1. The van der Waals surface area contributed by atoms with Gasteiger partial charge in [-0.05, 0) is 49.1 Å². The van der Waals surface area contributed by atoms with Crippen LogP contribution in [0.1, 0.15) is 59.8 Å². The highest BCUT2D eigenvalue weighted by atomic mass is 15.1. The molecule has 2 atom stereocenters. The molecule has 2 aliphatic rings. The van der Waals surface area contributed by atoms with Crippen LogP contribution in [0.4, 0.5) is 0 Å². The summed E-state index contributed by atoms with van der Waals surface area (Å²) in [7, 11) is 0. The van der Waals surface area contributed by atoms with Crippen LogP contribution in [-0.4, -0.2) is 37.6 Å². The fourth-order valence-electron chi connectivity index (χ4n) is 4.18. The van der Waals surface area contributed by atoms with E-state index in [-0.39, 0.29) is 0 Å². The van der Waals surface area contributed by atoms with E-state index in [1.807, 2.05) is 0 Å². The zero-order chi connectivity index (χ0) is 14.6. The predicted octanol–water partition coefficient (Wildman–Crippen LogP) is 3.77. The van der Waals surface area contributed by atoms with Crippen LogP contribution < -0.4 is 5.32 Å². The van der Waals surface area contributed by atoms with Crippen LogP contribution in [0.25, 0.3) is 0 Å². The fraction of sp³-hybridized carbons (Fsp3) is 1.00. The SMILES string of the molecule is CC(C)CNCC(C)(C)CN1CCC2CCCCC2C1. The molecule has 1 heterocycles. The van der Waals surface area contributed by atoms with Crippen LogP contribution in [0.2, 0.25) is 0 Å².